The number of hydrogen-bond acceptors (Lipinski definition) is 5. The van der Waals surface area contributed by atoms with Crippen LogP contribution in [0, 0.1) is 19.7 Å². The highest BCUT2D eigenvalue weighted by molar-refractivity contribution is 5.78. The molecule has 0 spiro atoms. The van der Waals surface area contributed by atoms with Gasteiger partial charge in [0.25, 0.3) is 0 Å². The number of aromatic amines is 1. The Balaban J connectivity index is 0.000000180. The Kier molecular flexibility index (Phi) is 6.38. The number of aryl methyl sites for hydroxylation is 2. The Morgan fingerprint density at radius 2 is 1.85 bits per heavy atom. The fraction of sp³-hybridized carbons (Fsp3) is 0.261. The molecule has 7 nitrogen and oxygen atoms in total. The number of fused-ring (bicyclic) bond motifs is 2. The molecule has 11 heteroatoms. The molecule has 2 aromatic heterocycles. The predicted octanol–water partition coefficient (Wildman–Crippen LogP) is 4.31. The van der Waals surface area contributed by atoms with Gasteiger partial charge in [0.1, 0.15) is 23.2 Å². The van der Waals surface area contributed by atoms with E-state index in [-0.39, 0.29) is 23.0 Å². The second-order valence-corrected chi connectivity index (χ2v) is 7.80. The number of alkyl halides is 3. The molecule has 0 radical (unpaired) electrons. The maximum atomic E-state index is 12.8. The third kappa shape index (κ3) is 5.42. The van der Waals surface area contributed by atoms with Crippen molar-refractivity contribution >= 4 is 10.9 Å². The van der Waals surface area contributed by atoms with Crippen LogP contribution in [-0.4, -0.2) is 26.1 Å². The summed E-state index contributed by atoms with van der Waals surface area (Å²) in [5.74, 6) is 0.963. The number of nitrogens with one attached hydrogen (secondary N) is 2. The van der Waals surface area contributed by atoms with E-state index in [1.807, 2.05) is 11.6 Å². The average Bonchev–Trinajstić information content (AvgIpc) is 3.16. The highest BCUT2D eigenvalue weighted by Crippen LogP contribution is 2.26. The third-order valence-electron chi connectivity index (χ3n) is 5.26. The van der Waals surface area contributed by atoms with E-state index in [1.165, 1.54) is 24.3 Å². The van der Waals surface area contributed by atoms with Crippen LogP contribution in [0.3, 0.4) is 0 Å². The Labute approximate surface area is 191 Å². The smallest absolute Gasteiger partial charge is 0.406 e. The highest BCUT2D eigenvalue weighted by atomic mass is 19.4. The van der Waals surface area contributed by atoms with Gasteiger partial charge in [0.15, 0.2) is 5.43 Å². The summed E-state index contributed by atoms with van der Waals surface area (Å²) < 4.78 is 54.8. The predicted molar refractivity (Wildman–Crippen MR) is 117 cm³/mol. The molecule has 1 atom stereocenters. The lowest BCUT2D eigenvalue weighted by molar-refractivity contribution is -0.274. The minimum absolute atomic E-state index is 0.0152. The van der Waals surface area contributed by atoms with E-state index in [9.17, 15) is 22.4 Å². The fourth-order valence-electron chi connectivity index (χ4n) is 3.65. The lowest BCUT2D eigenvalue weighted by atomic mass is 10.1. The molecule has 1 aliphatic heterocycles. The molecule has 1 unspecified atom stereocenters. The minimum atomic E-state index is -4.67. The zero-order chi connectivity index (χ0) is 24.5. The first kappa shape index (κ1) is 23.4. The first-order chi connectivity index (χ1) is 16.1. The quantitative estimate of drug-likeness (QED) is 0.422. The number of ether oxygens (including phenoxy) is 1. The van der Waals surface area contributed by atoms with Gasteiger partial charge in [0.2, 0.25) is 0 Å². The van der Waals surface area contributed by atoms with Gasteiger partial charge in [-0.25, -0.2) is 14.1 Å². The summed E-state index contributed by atoms with van der Waals surface area (Å²) in [5, 5.41) is 7.97. The van der Waals surface area contributed by atoms with Crippen molar-refractivity contribution in [2.75, 3.05) is 0 Å². The lowest BCUT2D eigenvalue weighted by Crippen LogP contribution is -2.32. The maximum Gasteiger partial charge on any atom is 0.573 e. The monoisotopic (exact) mass is 475 g/mol. The van der Waals surface area contributed by atoms with E-state index in [0.717, 1.165) is 11.4 Å². The van der Waals surface area contributed by atoms with Gasteiger partial charge >= 0.3 is 6.36 Å². The molecule has 0 fully saturated rings. The number of benzene rings is 2. The summed E-state index contributed by atoms with van der Waals surface area (Å²) in [7, 11) is 0. The summed E-state index contributed by atoms with van der Waals surface area (Å²) in [6, 6.07) is 9.99. The van der Waals surface area contributed by atoms with Crippen molar-refractivity contribution < 1.29 is 22.3 Å². The second-order valence-electron chi connectivity index (χ2n) is 7.80. The molecule has 2 aromatic carbocycles. The lowest BCUT2D eigenvalue weighted by Gasteiger charge is -2.24. The average molecular weight is 475 g/mol. The van der Waals surface area contributed by atoms with Crippen molar-refractivity contribution in [2.45, 2.75) is 39.3 Å². The Hall–Kier alpha value is -3.73. The van der Waals surface area contributed by atoms with Crippen LogP contribution in [0.25, 0.3) is 10.9 Å². The van der Waals surface area contributed by atoms with E-state index in [4.69, 9.17) is 0 Å². The van der Waals surface area contributed by atoms with Gasteiger partial charge in [-0.15, -0.1) is 13.2 Å². The first-order valence-electron chi connectivity index (χ1n) is 10.4. The van der Waals surface area contributed by atoms with Gasteiger partial charge < -0.3 is 15.0 Å². The number of rotatable bonds is 2. The standard InChI is InChI=1S/C13H13F3N4O.C10H8FNO/c1-8-18-12-6-17-11(7-20(12)19-8)9-2-4-10(5-3-9)21-13(14,15)16;1-6-5-12-9-3-2-7(11)4-8(9)10(6)13/h2-5,11,17H,6-7H2,1H3;2-5H,1H3,(H,12,13). The third-order valence-corrected chi connectivity index (χ3v) is 5.26. The number of halogens is 4. The zero-order valence-electron chi connectivity index (χ0n) is 18.3. The molecule has 1 aliphatic rings. The van der Waals surface area contributed by atoms with Gasteiger partial charge in [-0.05, 0) is 49.7 Å². The van der Waals surface area contributed by atoms with Crippen LogP contribution in [-0.2, 0) is 13.1 Å². The molecular formula is C23H21F4N5O2. The van der Waals surface area contributed by atoms with Crippen LogP contribution >= 0.6 is 0 Å². The Morgan fingerprint density at radius 3 is 2.56 bits per heavy atom. The second kappa shape index (κ2) is 9.26. The van der Waals surface area contributed by atoms with Crippen molar-refractivity contribution in [3.05, 3.63) is 87.5 Å². The zero-order valence-corrected chi connectivity index (χ0v) is 18.3. The molecule has 178 valence electrons. The van der Waals surface area contributed by atoms with Gasteiger partial charge in [0, 0.05) is 22.7 Å². The molecule has 34 heavy (non-hydrogen) atoms. The Bertz CT molecular complexity index is 1360. The summed E-state index contributed by atoms with van der Waals surface area (Å²) in [4.78, 5) is 18.7. The number of nitrogens with zero attached hydrogens (tertiary/aromatic N) is 3. The van der Waals surface area contributed by atoms with Crippen LogP contribution in [0.5, 0.6) is 5.75 Å². The molecule has 5 rings (SSSR count). The van der Waals surface area contributed by atoms with E-state index in [0.29, 0.717) is 35.4 Å². The van der Waals surface area contributed by atoms with Gasteiger partial charge in [-0.2, -0.15) is 5.10 Å². The molecule has 3 heterocycles. The van der Waals surface area contributed by atoms with Crippen LogP contribution in [0.15, 0.2) is 53.5 Å². The summed E-state index contributed by atoms with van der Waals surface area (Å²) in [6.07, 6.45) is -3.04. The molecule has 0 amide bonds. The molecular weight excluding hydrogens is 454 g/mol. The normalized spacial score (nSPS) is 15.4. The highest BCUT2D eigenvalue weighted by Gasteiger charge is 2.31. The van der Waals surface area contributed by atoms with E-state index < -0.39 is 6.36 Å². The minimum Gasteiger partial charge on any atom is -0.406 e. The largest absolute Gasteiger partial charge is 0.573 e. The van der Waals surface area contributed by atoms with Crippen molar-refractivity contribution in [3.8, 4) is 5.75 Å². The molecule has 0 saturated heterocycles. The summed E-state index contributed by atoms with van der Waals surface area (Å²) >= 11 is 0. The van der Waals surface area contributed by atoms with Crippen LogP contribution in [0.1, 0.15) is 28.8 Å². The topological polar surface area (TPSA) is 84.8 Å². The van der Waals surface area contributed by atoms with Crippen LogP contribution < -0.4 is 15.5 Å². The van der Waals surface area contributed by atoms with Crippen LogP contribution in [0.4, 0.5) is 17.6 Å². The molecule has 4 aromatic rings. The van der Waals surface area contributed by atoms with Crippen molar-refractivity contribution in [3.63, 3.8) is 0 Å². The molecule has 0 aliphatic carbocycles. The molecule has 0 saturated carbocycles. The summed E-state index contributed by atoms with van der Waals surface area (Å²) in [5.41, 5.74) is 2.02. The molecule has 2 N–H and O–H groups in total. The van der Waals surface area contributed by atoms with Crippen LogP contribution in [0.2, 0.25) is 0 Å². The SMILES string of the molecule is Cc1c[nH]c2ccc(F)cc2c1=O.Cc1nc2n(n1)CC(c1ccc(OC(F)(F)F)cc1)NC2. The van der Waals surface area contributed by atoms with Crippen molar-refractivity contribution in [2.24, 2.45) is 0 Å². The van der Waals surface area contributed by atoms with E-state index in [1.54, 1.807) is 31.3 Å². The number of hydrogen-bond donors (Lipinski definition) is 2. The summed E-state index contributed by atoms with van der Waals surface area (Å²) in [6.45, 7) is 4.69. The number of pyridine rings is 1. The maximum absolute atomic E-state index is 12.8. The fourth-order valence-corrected chi connectivity index (χ4v) is 3.65. The van der Waals surface area contributed by atoms with Gasteiger partial charge in [-0.3, -0.25) is 4.79 Å². The first-order valence-corrected chi connectivity index (χ1v) is 10.4. The van der Waals surface area contributed by atoms with Crippen molar-refractivity contribution in [1.82, 2.24) is 25.1 Å². The molecule has 0 bridgehead atoms. The van der Waals surface area contributed by atoms with Crippen molar-refractivity contribution in [1.29, 1.82) is 0 Å². The Morgan fingerprint density at radius 1 is 1.12 bits per heavy atom. The number of aromatic nitrogens is 4. The number of H-pyrrole nitrogens is 1. The van der Waals surface area contributed by atoms with Gasteiger partial charge in [-0.1, -0.05) is 12.1 Å². The van der Waals surface area contributed by atoms with Gasteiger partial charge in [0.05, 0.1) is 19.1 Å². The van der Waals surface area contributed by atoms with E-state index >= 15 is 0 Å². The van der Waals surface area contributed by atoms with E-state index in [2.05, 4.69) is 25.1 Å².